The normalized spacial score (nSPS) is 12.7. The molecule has 1 amide bonds. The SMILES string of the molecule is Cc1ccc(C(=O)NC(CCS(C)(=O)=O)C(=O)O)c(Br)c1. The van der Waals surface area contributed by atoms with Crippen molar-refractivity contribution < 1.29 is 23.1 Å². The predicted molar refractivity (Wildman–Crippen MR) is 82.1 cm³/mol. The van der Waals surface area contributed by atoms with E-state index >= 15 is 0 Å². The summed E-state index contributed by atoms with van der Waals surface area (Å²) in [7, 11) is -3.29. The Balaban J connectivity index is 2.84. The van der Waals surface area contributed by atoms with E-state index in [1.54, 1.807) is 18.2 Å². The average molecular weight is 378 g/mol. The maximum Gasteiger partial charge on any atom is 0.326 e. The van der Waals surface area contributed by atoms with Gasteiger partial charge in [-0.15, -0.1) is 0 Å². The number of aryl methyl sites for hydroxylation is 1. The van der Waals surface area contributed by atoms with Crippen molar-refractivity contribution in [1.82, 2.24) is 5.32 Å². The van der Waals surface area contributed by atoms with Crippen LogP contribution in [-0.4, -0.2) is 43.5 Å². The van der Waals surface area contributed by atoms with Gasteiger partial charge in [-0.1, -0.05) is 6.07 Å². The van der Waals surface area contributed by atoms with Crippen LogP contribution in [0.3, 0.4) is 0 Å². The van der Waals surface area contributed by atoms with Crippen molar-refractivity contribution >= 4 is 37.6 Å². The van der Waals surface area contributed by atoms with Gasteiger partial charge in [-0.3, -0.25) is 4.79 Å². The average Bonchev–Trinajstić information content (AvgIpc) is 2.32. The van der Waals surface area contributed by atoms with Gasteiger partial charge in [-0.05, 0) is 47.0 Å². The Bertz CT molecular complexity index is 657. The maximum absolute atomic E-state index is 12.1. The van der Waals surface area contributed by atoms with Gasteiger partial charge in [0.25, 0.3) is 5.91 Å². The third-order valence-corrected chi connectivity index (χ3v) is 4.38. The number of hydrogen-bond donors (Lipinski definition) is 2. The highest BCUT2D eigenvalue weighted by molar-refractivity contribution is 9.10. The van der Waals surface area contributed by atoms with Crippen LogP contribution in [0.4, 0.5) is 0 Å². The zero-order chi connectivity index (χ0) is 16.2. The molecule has 1 aromatic rings. The summed E-state index contributed by atoms with van der Waals surface area (Å²) < 4.78 is 22.7. The highest BCUT2D eigenvalue weighted by atomic mass is 79.9. The van der Waals surface area contributed by atoms with Crippen LogP contribution in [0, 0.1) is 6.92 Å². The van der Waals surface area contributed by atoms with E-state index in [9.17, 15) is 18.0 Å². The molecule has 21 heavy (non-hydrogen) atoms. The first-order chi connectivity index (χ1) is 9.60. The monoisotopic (exact) mass is 377 g/mol. The standard InChI is InChI=1S/C13H16BrNO5S/c1-8-3-4-9(10(14)7-8)12(16)15-11(13(17)18)5-6-21(2,19)20/h3-4,7,11H,5-6H2,1-2H3,(H,15,16)(H,17,18). The molecule has 8 heteroatoms. The van der Waals surface area contributed by atoms with Gasteiger partial charge in [0.1, 0.15) is 15.9 Å². The quantitative estimate of drug-likeness (QED) is 0.779. The van der Waals surface area contributed by atoms with Gasteiger partial charge < -0.3 is 10.4 Å². The minimum atomic E-state index is -3.29. The molecule has 6 nitrogen and oxygen atoms in total. The lowest BCUT2D eigenvalue weighted by atomic mass is 10.1. The lowest BCUT2D eigenvalue weighted by Crippen LogP contribution is -2.42. The van der Waals surface area contributed by atoms with Gasteiger partial charge in [0.15, 0.2) is 0 Å². The van der Waals surface area contributed by atoms with E-state index in [0.717, 1.165) is 11.8 Å². The van der Waals surface area contributed by atoms with Gasteiger partial charge in [0.2, 0.25) is 0 Å². The molecule has 0 radical (unpaired) electrons. The lowest BCUT2D eigenvalue weighted by Gasteiger charge is -2.14. The van der Waals surface area contributed by atoms with E-state index in [4.69, 9.17) is 5.11 Å². The third kappa shape index (κ3) is 5.84. The molecule has 0 saturated carbocycles. The molecule has 0 aliphatic carbocycles. The molecule has 116 valence electrons. The minimum absolute atomic E-state index is 0.177. The molecule has 0 fully saturated rings. The molecular formula is C13H16BrNO5S. The van der Waals surface area contributed by atoms with Crippen LogP contribution < -0.4 is 5.32 Å². The van der Waals surface area contributed by atoms with Crippen LogP contribution in [0.15, 0.2) is 22.7 Å². The number of carboxylic acids is 1. The van der Waals surface area contributed by atoms with E-state index in [0.29, 0.717) is 10.0 Å². The van der Waals surface area contributed by atoms with Crippen molar-refractivity contribution in [2.45, 2.75) is 19.4 Å². The Morgan fingerprint density at radius 2 is 2.00 bits per heavy atom. The largest absolute Gasteiger partial charge is 0.480 e. The van der Waals surface area contributed by atoms with Gasteiger partial charge in [-0.2, -0.15) is 0 Å². The second-order valence-electron chi connectivity index (χ2n) is 4.77. The van der Waals surface area contributed by atoms with E-state index in [-0.39, 0.29) is 12.2 Å². The van der Waals surface area contributed by atoms with Crippen LogP contribution in [0.5, 0.6) is 0 Å². The molecule has 0 aliphatic rings. The molecule has 0 saturated heterocycles. The summed E-state index contributed by atoms with van der Waals surface area (Å²) in [5.41, 5.74) is 1.25. The molecule has 0 spiro atoms. The molecule has 1 aromatic carbocycles. The Kier molecular flexibility index (Phi) is 5.91. The fraction of sp³-hybridized carbons (Fsp3) is 0.385. The van der Waals surface area contributed by atoms with Crippen molar-refractivity contribution in [3.8, 4) is 0 Å². The number of carbonyl (C=O) groups is 2. The predicted octanol–water partition coefficient (Wildman–Crippen LogP) is 1.38. The highest BCUT2D eigenvalue weighted by Crippen LogP contribution is 2.18. The Morgan fingerprint density at radius 1 is 1.38 bits per heavy atom. The zero-order valence-electron chi connectivity index (χ0n) is 11.6. The number of hydrogen-bond acceptors (Lipinski definition) is 4. The summed E-state index contributed by atoms with van der Waals surface area (Å²) >= 11 is 3.24. The summed E-state index contributed by atoms with van der Waals surface area (Å²) in [5.74, 6) is -2.14. The first-order valence-electron chi connectivity index (χ1n) is 6.07. The number of rotatable bonds is 6. The van der Waals surface area contributed by atoms with Crippen LogP contribution in [0.25, 0.3) is 0 Å². The third-order valence-electron chi connectivity index (χ3n) is 2.75. The summed E-state index contributed by atoms with van der Waals surface area (Å²) in [6, 6.07) is 3.79. The van der Waals surface area contributed by atoms with Gasteiger partial charge in [0.05, 0.1) is 11.3 Å². The molecule has 0 aliphatic heterocycles. The number of carboxylic acid groups (broad SMARTS) is 1. The van der Waals surface area contributed by atoms with Crippen LogP contribution in [-0.2, 0) is 14.6 Å². The first kappa shape index (κ1) is 17.6. The summed E-state index contributed by atoms with van der Waals surface area (Å²) in [5, 5.41) is 11.4. The maximum atomic E-state index is 12.1. The van der Waals surface area contributed by atoms with Gasteiger partial charge >= 0.3 is 5.97 Å². The second-order valence-corrected chi connectivity index (χ2v) is 7.88. The lowest BCUT2D eigenvalue weighted by molar-refractivity contribution is -0.139. The Hall–Kier alpha value is -1.41. The van der Waals surface area contributed by atoms with E-state index < -0.39 is 27.8 Å². The molecule has 1 unspecified atom stereocenters. The van der Waals surface area contributed by atoms with Crippen LogP contribution in [0.1, 0.15) is 22.3 Å². The Labute approximate surface area is 131 Å². The fourth-order valence-electron chi connectivity index (χ4n) is 1.63. The number of amides is 1. The molecule has 0 bridgehead atoms. The number of sulfone groups is 1. The topological polar surface area (TPSA) is 101 Å². The second kappa shape index (κ2) is 7.04. The fourth-order valence-corrected chi connectivity index (χ4v) is 2.97. The van der Waals surface area contributed by atoms with Crippen LogP contribution in [0.2, 0.25) is 0 Å². The molecular weight excluding hydrogens is 362 g/mol. The zero-order valence-corrected chi connectivity index (χ0v) is 14.0. The van der Waals surface area contributed by atoms with Crippen LogP contribution >= 0.6 is 15.9 Å². The van der Waals surface area contributed by atoms with Gasteiger partial charge in [0, 0.05) is 10.7 Å². The smallest absolute Gasteiger partial charge is 0.326 e. The van der Waals surface area contributed by atoms with E-state index in [1.807, 2.05) is 6.92 Å². The summed E-state index contributed by atoms with van der Waals surface area (Å²) in [6.07, 6.45) is 0.841. The van der Waals surface area contributed by atoms with Crippen molar-refractivity contribution in [3.05, 3.63) is 33.8 Å². The van der Waals surface area contributed by atoms with E-state index in [1.165, 1.54) is 0 Å². The molecule has 1 rings (SSSR count). The number of benzene rings is 1. The minimum Gasteiger partial charge on any atom is -0.480 e. The molecule has 0 heterocycles. The number of halogens is 1. The highest BCUT2D eigenvalue weighted by Gasteiger charge is 2.23. The molecule has 0 aromatic heterocycles. The number of aliphatic carboxylic acids is 1. The number of carbonyl (C=O) groups excluding carboxylic acids is 1. The van der Waals surface area contributed by atoms with Crippen molar-refractivity contribution in [3.63, 3.8) is 0 Å². The summed E-state index contributed by atoms with van der Waals surface area (Å²) in [6.45, 7) is 1.86. The summed E-state index contributed by atoms with van der Waals surface area (Å²) in [4.78, 5) is 23.2. The van der Waals surface area contributed by atoms with Crippen molar-refractivity contribution in [2.75, 3.05) is 12.0 Å². The Morgan fingerprint density at radius 3 is 2.48 bits per heavy atom. The van der Waals surface area contributed by atoms with Crippen molar-refractivity contribution in [2.24, 2.45) is 0 Å². The van der Waals surface area contributed by atoms with Gasteiger partial charge in [-0.25, -0.2) is 13.2 Å². The van der Waals surface area contributed by atoms with E-state index in [2.05, 4.69) is 21.2 Å². The number of nitrogens with one attached hydrogen (secondary N) is 1. The molecule has 1 atom stereocenters. The van der Waals surface area contributed by atoms with Crippen molar-refractivity contribution in [1.29, 1.82) is 0 Å². The first-order valence-corrected chi connectivity index (χ1v) is 8.93. The molecule has 2 N–H and O–H groups in total.